The maximum Gasteiger partial charge on any atom is 0.230 e. The van der Waals surface area contributed by atoms with Gasteiger partial charge in [0.05, 0.1) is 18.7 Å². The first kappa shape index (κ1) is 9.02. The minimum atomic E-state index is -0.901. The van der Waals surface area contributed by atoms with Gasteiger partial charge in [-0.15, -0.1) is 0 Å². The van der Waals surface area contributed by atoms with E-state index in [1.54, 1.807) is 0 Å². The molecule has 3 rings (SSSR count). The van der Waals surface area contributed by atoms with Gasteiger partial charge in [0.15, 0.2) is 0 Å². The molecule has 0 aromatic heterocycles. The van der Waals surface area contributed by atoms with Crippen molar-refractivity contribution in [2.24, 2.45) is 21.6 Å². The summed E-state index contributed by atoms with van der Waals surface area (Å²) in [5.74, 6) is 1.06. The van der Waals surface area contributed by atoms with Gasteiger partial charge in [-0.2, -0.15) is 10.5 Å². The van der Waals surface area contributed by atoms with Crippen molar-refractivity contribution in [3.05, 3.63) is 0 Å². The summed E-state index contributed by atoms with van der Waals surface area (Å²) in [6.45, 7) is 0.562. The summed E-state index contributed by atoms with van der Waals surface area (Å²) in [7, 11) is 0. The Kier molecular flexibility index (Phi) is 1.38. The van der Waals surface area contributed by atoms with Crippen LogP contribution >= 0.6 is 11.8 Å². The zero-order valence-corrected chi connectivity index (χ0v) is 8.67. The summed E-state index contributed by atoms with van der Waals surface area (Å²) in [6.07, 6.45) is 0.454. The van der Waals surface area contributed by atoms with Crippen LogP contribution in [0.2, 0.25) is 0 Å². The Hall–Kier alpha value is -1.24. The van der Waals surface area contributed by atoms with E-state index < -0.39 is 15.9 Å². The van der Waals surface area contributed by atoms with Crippen molar-refractivity contribution in [3.8, 4) is 12.1 Å². The van der Waals surface area contributed by atoms with E-state index in [1.807, 2.05) is 0 Å². The minimum absolute atomic E-state index is 0.265. The zero-order chi connectivity index (χ0) is 10.7. The Balaban J connectivity index is 2.17. The van der Waals surface area contributed by atoms with E-state index in [2.05, 4.69) is 17.1 Å². The molecule has 0 aromatic rings. The van der Waals surface area contributed by atoms with E-state index in [4.69, 9.17) is 15.7 Å². The summed E-state index contributed by atoms with van der Waals surface area (Å²) >= 11 is 1.48. The maximum atomic E-state index is 9.28. The monoisotopic (exact) mass is 220 g/mol. The quantitative estimate of drug-likeness (QED) is 0.629. The van der Waals surface area contributed by atoms with Crippen molar-refractivity contribution < 1.29 is 4.74 Å². The SMILES string of the molecule is N#C[C@]12C[C@]1(C#N)C(N)=N[C@]21OCCS1. The molecule has 2 fully saturated rings. The number of fused-ring (bicyclic) bond motifs is 2. The second-order valence-corrected chi connectivity index (χ2v) is 5.24. The Morgan fingerprint density at radius 2 is 2.27 bits per heavy atom. The highest BCUT2D eigenvalue weighted by Gasteiger charge is 2.86. The molecule has 1 saturated carbocycles. The van der Waals surface area contributed by atoms with Crippen LogP contribution in [0.4, 0.5) is 0 Å². The highest BCUT2D eigenvalue weighted by molar-refractivity contribution is 8.00. The summed E-state index contributed by atoms with van der Waals surface area (Å²) in [5, 5.41) is 17.5. The molecule has 76 valence electrons. The van der Waals surface area contributed by atoms with E-state index >= 15 is 0 Å². The molecule has 3 atom stereocenters. The van der Waals surface area contributed by atoms with Crippen LogP contribution in [0.25, 0.3) is 0 Å². The second kappa shape index (κ2) is 2.29. The molecule has 15 heavy (non-hydrogen) atoms. The number of aliphatic imine (C=N–C) groups is 1. The highest BCUT2D eigenvalue weighted by atomic mass is 32.2. The van der Waals surface area contributed by atoms with Gasteiger partial charge in [-0.05, 0) is 0 Å². The number of nitrogens with two attached hydrogens (primary N) is 1. The lowest BCUT2D eigenvalue weighted by Crippen LogP contribution is -2.33. The Labute approximate surface area is 90.9 Å². The van der Waals surface area contributed by atoms with Crippen molar-refractivity contribution >= 4 is 17.6 Å². The molecule has 0 radical (unpaired) electrons. The first-order chi connectivity index (χ1) is 7.16. The molecular weight excluding hydrogens is 212 g/mol. The average molecular weight is 220 g/mol. The Morgan fingerprint density at radius 1 is 1.47 bits per heavy atom. The second-order valence-electron chi connectivity index (χ2n) is 3.99. The fourth-order valence-corrected chi connectivity index (χ4v) is 3.82. The van der Waals surface area contributed by atoms with Gasteiger partial charge in [-0.3, -0.25) is 0 Å². The number of thioether (sulfide) groups is 1. The van der Waals surface area contributed by atoms with Crippen LogP contribution in [0.1, 0.15) is 6.42 Å². The fourth-order valence-electron chi connectivity index (χ4n) is 2.50. The number of hydrogen-bond donors (Lipinski definition) is 1. The van der Waals surface area contributed by atoms with Gasteiger partial charge in [0.2, 0.25) is 5.06 Å². The van der Waals surface area contributed by atoms with Crippen LogP contribution in [0.15, 0.2) is 4.99 Å². The van der Waals surface area contributed by atoms with Crippen LogP contribution in [0.5, 0.6) is 0 Å². The normalized spacial score (nSPS) is 50.7. The summed E-state index contributed by atoms with van der Waals surface area (Å²) < 4.78 is 5.57. The highest BCUT2D eigenvalue weighted by Crippen LogP contribution is 2.76. The lowest BCUT2D eigenvalue weighted by molar-refractivity contribution is 0.0220. The molecule has 0 bridgehead atoms. The van der Waals surface area contributed by atoms with E-state index in [0.29, 0.717) is 13.0 Å². The predicted molar refractivity (Wildman–Crippen MR) is 53.5 cm³/mol. The first-order valence-electron chi connectivity index (χ1n) is 4.63. The number of nitriles is 2. The summed E-state index contributed by atoms with van der Waals surface area (Å²) in [5.41, 5.74) is 4.03. The predicted octanol–water partition coefficient (Wildman–Crippen LogP) is 0.198. The van der Waals surface area contributed by atoms with Crippen molar-refractivity contribution in [2.75, 3.05) is 12.4 Å². The van der Waals surface area contributed by atoms with Crippen LogP contribution in [-0.2, 0) is 4.74 Å². The fraction of sp³-hybridized carbons (Fsp3) is 0.667. The summed E-state index contributed by atoms with van der Waals surface area (Å²) in [4.78, 5) is 4.23. The van der Waals surface area contributed by atoms with Crippen LogP contribution in [0.3, 0.4) is 0 Å². The first-order valence-corrected chi connectivity index (χ1v) is 5.61. The number of nitrogens with zero attached hydrogens (tertiary/aromatic N) is 3. The molecule has 2 N–H and O–H groups in total. The number of hydrogen-bond acceptors (Lipinski definition) is 6. The van der Waals surface area contributed by atoms with E-state index in [9.17, 15) is 5.26 Å². The lowest BCUT2D eigenvalue weighted by atomic mass is 9.95. The van der Waals surface area contributed by atoms with E-state index in [-0.39, 0.29) is 5.84 Å². The minimum Gasteiger partial charge on any atom is -0.386 e. The Bertz CT molecular complexity index is 456. The van der Waals surface area contributed by atoms with E-state index in [0.717, 1.165) is 5.75 Å². The number of rotatable bonds is 0. The molecule has 0 aromatic carbocycles. The molecule has 6 heteroatoms. The van der Waals surface area contributed by atoms with E-state index in [1.165, 1.54) is 11.8 Å². The van der Waals surface area contributed by atoms with Gasteiger partial charge in [-0.1, -0.05) is 11.8 Å². The largest absolute Gasteiger partial charge is 0.386 e. The third-order valence-corrected chi connectivity index (χ3v) is 4.76. The third kappa shape index (κ3) is 0.676. The maximum absolute atomic E-state index is 9.28. The molecule has 1 saturated heterocycles. The lowest BCUT2D eigenvalue weighted by Gasteiger charge is -2.24. The Morgan fingerprint density at radius 3 is 2.73 bits per heavy atom. The average Bonchev–Trinajstić information content (AvgIpc) is 2.67. The molecule has 0 unspecified atom stereocenters. The van der Waals surface area contributed by atoms with Crippen LogP contribution in [-0.4, -0.2) is 23.3 Å². The van der Waals surface area contributed by atoms with Gasteiger partial charge in [0.25, 0.3) is 0 Å². The summed E-state index contributed by atoms with van der Waals surface area (Å²) in [6, 6.07) is 4.34. The number of ether oxygens (including phenoxy) is 1. The zero-order valence-electron chi connectivity index (χ0n) is 7.86. The molecule has 2 heterocycles. The topological polar surface area (TPSA) is 95.2 Å². The smallest absolute Gasteiger partial charge is 0.230 e. The van der Waals surface area contributed by atoms with Crippen molar-refractivity contribution in [1.29, 1.82) is 10.5 Å². The van der Waals surface area contributed by atoms with Crippen molar-refractivity contribution in [1.82, 2.24) is 0 Å². The van der Waals surface area contributed by atoms with Gasteiger partial charge in [0, 0.05) is 12.2 Å². The van der Waals surface area contributed by atoms with Crippen LogP contribution < -0.4 is 5.73 Å². The third-order valence-electron chi connectivity index (χ3n) is 3.44. The molecule has 2 aliphatic heterocycles. The van der Waals surface area contributed by atoms with Crippen LogP contribution in [0, 0.1) is 33.5 Å². The van der Waals surface area contributed by atoms with Crippen molar-refractivity contribution in [2.45, 2.75) is 11.5 Å². The molecule has 1 spiro atoms. The number of amidine groups is 1. The standard InChI is InChI=1S/C9H8N4OS/c10-4-7-3-8(7,5-11)9(13-6(7)12)14-1-2-15-9/h1-3H2,(H2,12,13)/t7-,8+,9-/m0/s1. The van der Waals surface area contributed by atoms with Gasteiger partial charge in [-0.25, -0.2) is 4.99 Å². The van der Waals surface area contributed by atoms with Gasteiger partial charge in [0.1, 0.15) is 16.7 Å². The molecule has 3 aliphatic rings. The van der Waals surface area contributed by atoms with Crippen molar-refractivity contribution in [3.63, 3.8) is 0 Å². The molecule has 1 aliphatic carbocycles. The van der Waals surface area contributed by atoms with Gasteiger partial charge < -0.3 is 10.5 Å². The molecule has 5 nitrogen and oxygen atoms in total. The molecule has 0 amide bonds. The van der Waals surface area contributed by atoms with Gasteiger partial charge >= 0.3 is 0 Å². The molecular formula is C9H8N4OS.